The summed E-state index contributed by atoms with van der Waals surface area (Å²) in [5.74, 6) is 0. The molecule has 0 aliphatic carbocycles. The summed E-state index contributed by atoms with van der Waals surface area (Å²) in [6.45, 7) is 12.9. The monoisotopic (exact) mass is 398 g/mol. The first-order valence-corrected chi connectivity index (χ1v) is 9.76. The molecule has 3 rings (SSSR count). The smallest absolute Gasteiger partial charge is 0.403 e. The molecule has 2 heterocycles. The first-order valence-electron chi connectivity index (χ1n) is 9.35. The van der Waals surface area contributed by atoms with E-state index < -0.39 is 7.12 Å². The number of nitrogens with one attached hydrogen (secondary N) is 1. The summed E-state index contributed by atoms with van der Waals surface area (Å²) < 4.78 is 14.8. The van der Waals surface area contributed by atoms with Crippen molar-refractivity contribution < 1.29 is 9.31 Å². The van der Waals surface area contributed by atoms with Gasteiger partial charge in [0.2, 0.25) is 0 Å². The first-order chi connectivity index (χ1) is 13.0. The predicted molar refractivity (Wildman–Crippen MR) is 115 cm³/mol. The van der Waals surface area contributed by atoms with Gasteiger partial charge in [-0.2, -0.15) is 0 Å². The van der Waals surface area contributed by atoms with Crippen LogP contribution in [0.15, 0.2) is 36.9 Å². The lowest BCUT2D eigenvalue weighted by atomic mass is 9.76. The highest BCUT2D eigenvalue weighted by Gasteiger charge is 2.31. The van der Waals surface area contributed by atoms with Gasteiger partial charge >= 0.3 is 7.12 Å². The van der Waals surface area contributed by atoms with E-state index in [0.29, 0.717) is 16.7 Å². The van der Waals surface area contributed by atoms with Crippen LogP contribution in [0.4, 0.5) is 0 Å². The summed E-state index contributed by atoms with van der Waals surface area (Å²) in [5.41, 5.74) is 3.10. The Hall–Kier alpha value is -2.03. The van der Waals surface area contributed by atoms with E-state index in [9.17, 15) is 0 Å². The van der Waals surface area contributed by atoms with E-state index in [4.69, 9.17) is 21.5 Å². The molecule has 28 heavy (non-hydrogen) atoms. The quantitative estimate of drug-likeness (QED) is 0.522. The van der Waals surface area contributed by atoms with E-state index >= 15 is 0 Å². The Balaban J connectivity index is 1.82. The van der Waals surface area contributed by atoms with Crippen molar-refractivity contribution >= 4 is 36.0 Å². The molecule has 0 saturated heterocycles. The summed E-state index contributed by atoms with van der Waals surface area (Å²) in [6, 6.07) is 8.28. The molecule has 1 aromatic carbocycles. The zero-order valence-electron chi connectivity index (χ0n) is 17.3. The Kier molecular flexibility index (Phi) is 5.75. The molecule has 6 nitrogen and oxygen atoms in total. The number of rotatable bonds is 5. The van der Waals surface area contributed by atoms with E-state index in [0.717, 1.165) is 16.7 Å². The van der Waals surface area contributed by atoms with Gasteiger partial charge in [0.05, 0.1) is 19.2 Å². The molecule has 0 radical (unpaired) electrons. The van der Waals surface area contributed by atoms with Crippen molar-refractivity contribution in [3.8, 4) is 0 Å². The third-order valence-electron chi connectivity index (χ3n) is 3.95. The van der Waals surface area contributed by atoms with E-state index in [1.165, 1.54) is 0 Å². The predicted octanol–water partition coefficient (Wildman–Crippen LogP) is 3.86. The van der Waals surface area contributed by atoms with Gasteiger partial charge in [0.15, 0.2) is 4.64 Å². The molecule has 0 spiro atoms. The van der Waals surface area contributed by atoms with Crippen molar-refractivity contribution in [3.63, 3.8) is 0 Å². The number of fused-ring (bicyclic) bond motifs is 1. The van der Waals surface area contributed by atoms with Crippen LogP contribution < -0.4 is 5.46 Å². The van der Waals surface area contributed by atoms with Gasteiger partial charge in [0.1, 0.15) is 11.2 Å². The van der Waals surface area contributed by atoms with Crippen LogP contribution in [0.2, 0.25) is 0 Å². The number of benzene rings is 1. The average molecular weight is 398 g/mol. The minimum absolute atomic E-state index is 0.309. The Bertz CT molecular complexity index is 984. The van der Waals surface area contributed by atoms with Crippen LogP contribution in [0.1, 0.15) is 47.1 Å². The van der Waals surface area contributed by atoms with Crippen molar-refractivity contribution in [2.45, 2.75) is 59.3 Å². The van der Waals surface area contributed by atoms with E-state index in [-0.39, 0.29) is 11.2 Å². The zero-order valence-corrected chi connectivity index (χ0v) is 18.1. The van der Waals surface area contributed by atoms with Crippen molar-refractivity contribution in [2.24, 2.45) is 0 Å². The molecule has 2 aromatic heterocycles. The summed E-state index contributed by atoms with van der Waals surface area (Å²) in [5, 5.41) is 0. The Morgan fingerprint density at radius 1 is 1.00 bits per heavy atom. The molecular formula is C20H27BN4O2S. The van der Waals surface area contributed by atoms with Crippen LogP contribution >= 0.6 is 12.2 Å². The third kappa shape index (κ3) is 5.28. The van der Waals surface area contributed by atoms with Crippen LogP contribution in [0.25, 0.3) is 11.2 Å². The van der Waals surface area contributed by atoms with E-state index in [2.05, 4.69) is 39.2 Å². The number of imidazole rings is 1. The van der Waals surface area contributed by atoms with Crippen molar-refractivity contribution in [3.05, 3.63) is 47.1 Å². The molecule has 0 unspecified atom stereocenters. The Labute approximate surface area is 171 Å². The second kappa shape index (κ2) is 7.77. The van der Waals surface area contributed by atoms with Gasteiger partial charge in [-0.1, -0.05) is 36.5 Å². The fourth-order valence-corrected chi connectivity index (χ4v) is 3.00. The minimum atomic E-state index is -0.426. The van der Waals surface area contributed by atoms with Gasteiger partial charge in [0.25, 0.3) is 0 Å². The number of nitrogens with zero attached hydrogens (tertiary/aromatic N) is 3. The molecule has 0 fully saturated rings. The first kappa shape index (κ1) is 20.7. The molecule has 0 saturated carbocycles. The second-order valence-electron chi connectivity index (χ2n) is 8.81. The lowest BCUT2D eigenvalue weighted by molar-refractivity contribution is 0.0408. The maximum Gasteiger partial charge on any atom is 0.494 e. The number of hydrogen-bond donors (Lipinski definition) is 1. The van der Waals surface area contributed by atoms with Gasteiger partial charge in [0, 0.05) is 11.2 Å². The molecule has 1 N–H and O–H groups in total. The molecule has 0 amide bonds. The lowest BCUT2D eigenvalue weighted by Crippen LogP contribution is -2.46. The lowest BCUT2D eigenvalue weighted by Gasteiger charge is -2.30. The van der Waals surface area contributed by atoms with Crippen LogP contribution in [0.5, 0.6) is 0 Å². The van der Waals surface area contributed by atoms with Crippen molar-refractivity contribution in [2.75, 3.05) is 0 Å². The maximum absolute atomic E-state index is 6.16. The van der Waals surface area contributed by atoms with Crippen LogP contribution in [0, 0.1) is 4.64 Å². The van der Waals surface area contributed by atoms with Crippen LogP contribution in [-0.4, -0.2) is 37.8 Å². The third-order valence-corrected chi connectivity index (χ3v) is 4.25. The second-order valence-corrected chi connectivity index (χ2v) is 9.20. The van der Waals surface area contributed by atoms with Crippen LogP contribution in [-0.2, 0) is 15.9 Å². The summed E-state index contributed by atoms with van der Waals surface area (Å²) >= 11 is 5.23. The number of hydrogen-bond acceptors (Lipinski definition) is 5. The highest BCUT2D eigenvalue weighted by Crippen LogP contribution is 2.17. The maximum atomic E-state index is 6.16. The standard InChI is InChI=1S/C20H27BN4O2S/c1-19(2,3)26-21(27-20(4,5)6)15-9-7-14(8-10-15)11-25-13-24-16-17(25)22-12-23-18(16)28/h7-10,12-13H,11H2,1-6H3,(H,22,23,28). The Morgan fingerprint density at radius 3 is 2.18 bits per heavy atom. The van der Waals surface area contributed by atoms with Gasteiger partial charge in [-0.3, -0.25) is 0 Å². The van der Waals surface area contributed by atoms with E-state index in [1.54, 1.807) is 12.7 Å². The van der Waals surface area contributed by atoms with Crippen LogP contribution in [0.3, 0.4) is 0 Å². The summed E-state index contributed by atoms with van der Waals surface area (Å²) in [7, 11) is -0.426. The molecular weight excluding hydrogens is 371 g/mol. The highest BCUT2D eigenvalue weighted by molar-refractivity contribution is 7.71. The Morgan fingerprint density at radius 2 is 1.61 bits per heavy atom. The van der Waals surface area contributed by atoms with E-state index in [1.807, 2.05) is 46.1 Å². The fourth-order valence-electron chi connectivity index (χ4n) is 2.80. The topological polar surface area (TPSA) is 65.0 Å². The molecule has 0 bridgehead atoms. The largest absolute Gasteiger partial charge is 0.494 e. The number of aromatic amines is 1. The van der Waals surface area contributed by atoms with Gasteiger partial charge < -0.3 is 18.9 Å². The molecule has 3 aromatic rings. The highest BCUT2D eigenvalue weighted by atomic mass is 32.1. The van der Waals surface area contributed by atoms with Gasteiger partial charge in [-0.25, -0.2) is 9.97 Å². The van der Waals surface area contributed by atoms with Crippen molar-refractivity contribution in [1.82, 2.24) is 19.5 Å². The molecule has 0 atom stereocenters. The summed E-state index contributed by atoms with van der Waals surface area (Å²) in [4.78, 5) is 11.6. The molecule has 0 aliphatic heterocycles. The SMILES string of the molecule is CC(C)(C)OB(OC(C)(C)C)c1ccc(Cn2cnc3c(=S)nc[nH]c32)cc1. The fraction of sp³-hybridized carbons (Fsp3) is 0.450. The average Bonchev–Trinajstić information content (AvgIpc) is 2.97. The summed E-state index contributed by atoms with van der Waals surface area (Å²) in [6.07, 6.45) is 3.38. The van der Waals surface area contributed by atoms with Crippen molar-refractivity contribution in [1.29, 1.82) is 0 Å². The number of H-pyrrole nitrogens is 1. The molecule has 148 valence electrons. The normalized spacial score (nSPS) is 12.5. The number of aromatic nitrogens is 4. The van der Waals surface area contributed by atoms with Gasteiger partial charge in [-0.15, -0.1) is 0 Å². The van der Waals surface area contributed by atoms with Gasteiger partial charge in [-0.05, 0) is 52.6 Å². The molecule has 0 aliphatic rings. The molecule has 8 heteroatoms. The minimum Gasteiger partial charge on any atom is -0.403 e. The zero-order chi connectivity index (χ0) is 20.5.